The standard InChI is InChI=1S/C17H19N3OS/c21-15(13-10-17(13)6-8-18-9-7-17)20-16-14(19-11-22-16)12-4-2-1-3-5-12/h1-5,11,13,18H,6-10H2,(H,20,21). The van der Waals surface area contributed by atoms with Crippen molar-refractivity contribution in [1.82, 2.24) is 10.3 Å². The van der Waals surface area contributed by atoms with Gasteiger partial charge < -0.3 is 10.6 Å². The predicted molar refractivity (Wildman–Crippen MR) is 88.8 cm³/mol. The Bertz CT molecular complexity index is 676. The average Bonchev–Trinajstić information content (AvgIpc) is 3.05. The summed E-state index contributed by atoms with van der Waals surface area (Å²) in [4.78, 5) is 17.0. The molecule has 2 heterocycles. The summed E-state index contributed by atoms with van der Waals surface area (Å²) in [6.07, 6.45) is 3.29. The first-order valence-electron chi connectivity index (χ1n) is 7.79. The number of thiazole rings is 1. The number of nitrogens with zero attached hydrogens (tertiary/aromatic N) is 1. The Labute approximate surface area is 134 Å². The van der Waals surface area contributed by atoms with Gasteiger partial charge in [0, 0.05) is 11.5 Å². The van der Waals surface area contributed by atoms with E-state index in [9.17, 15) is 4.79 Å². The van der Waals surface area contributed by atoms with Crippen LogP contribution in [-0.2, 0) is 4.79 Å². The molecule has 0 bridgehead atoms. The highest BCUT2D eigenvalue weighted by atomic mass is 32.1. The summed E-state index contributed by atoms with van der Waals surface area (Å²) in [7, 11) is 0. The Morgan fingerprint density at radius 1 is 1.27 bits per heavy atom. The summed E-state index contributed by atoms with van der Waals surface area (Å²) in [6, 6.07) is 10.0. The molecule has 5 heteroatoms. The lowest BCUT2D eigenvalue weighted by molar-refractivity contribution is -0.118. The lowest BCUT2D eigenvalue weighted by Gasteiger charge is -2.23. The minimum absolute atomic E-state index is 0.170. The molecule has 0 radical (unpaired) electrons. The third-order valence-corrected chi connectivity index (χ3v) is 5.70. The van der Waals surface area contributed by atoms with Crippen LogP contribution in [0, 0.1) is 11.3 Å². The Balaban J connectivity index is 1.49. The summed E-state index contributed by atoms with van der Waals surface area (Å²) in [5, 5.41) is 7.36. The molecule has 2 aliphatic rings. The molecule has 1 aromatic heterocycles. The molecule has 1 unspecified atom stereocenters. The number of nitrogens with one attached hydrogen (secondary N) is 2. The molecule has 22 heavy (non-hydrogen) atoms. The Kier molecular flexibility index (Phi) is 3.47. The minimum Gasteiger partial charge on any atom is -0.317 e. The highest BCUT2D eigenvalue weighted by Crippen LogP contribution is 2.59. The highest BCUT2D eigenvalue weighted by molar-refractivity contribution is 7.14. The fourth-order valence-corrected chi connectivity index (χ4v) is 4.24. The molecule has 1 aliphatic heterocycles. The van der Waals surface area contributed by atoms with Crippen molar-refractivity contribution >= 4 is 22.2 Å². The van der Waals surface area contributed by atoms with Crippen molar-refractivity contribution in [2.45, 2.75) is 19.3 Å². The van der Waals surface area contributed by atoms with E-state index in [0.29, 0.717) is 0 Å². The maximum atomic E-state index is 12.6. The van der Waals surface area contributed by atoms with E-state index in [1.165, 1.54) is 11.3 Å². The SMILES string of the molecule is O=C(Nc1scnc1-c1ccccc1)C1CC12CCNCC2. The van der Waals surface area contributed by atoms with Crippen LogP contribution in [0.15, 0.2) is 35.8 Å². The van der Waals surface area contributed by atoms with Gasteiger partial charge >= 0.3 is 0 Å². The van der Waals surface area contributed by atoms with Gasteiger partial charge in [-0.25, -0.2) is 4.98 Å². The average molecular weight is 313 g/mol. The number of benzene rings is 1. The van der Waals surface area contributed by atoms with E-state index in [1.807, 2.05) is 30.3 Å². The first kappa shape index (κ1) is 13.9. The Morgan fingerprint density at radius 2 is 2.05 bits per heavy atom. The molecule has 1 saturated heterocycles. The van der Waals surface area contributed by atoms with Crippen LogP contribution in [-0.4, -0.2) is 24.0 Å². The zero-order chi connectivity index (χ0) is 15.0. The van der Waals surface area contributed by atoms with Gasteiger partial charge in [0.1, 0.15) is 10.7 Å². The number of anilines is 1. The molecule has 1 saturated carbocycles. The van der Waals surface area contributed by atoms with E-state index in [0.717, 1.165) is 48.6 Å². The Hall–Kier alpha value is -1.72. The first-order valence-corrected chi connectivity index (χ1v) is 8.67. The maximum absolute atomic E-state index is 12.6. The molecule has 2 fully saturated rings. The van der Waals surface area contributed by atoms with E-state index in [2.05, 4.69) is 15.6 Å². The van der Waals surface area contributed by atoms with Crippen molar-refractivity contribution in [3.8, 4) is 11.3 Å². The van der Waals surface area contributed by atoms with Crippen molar-refractivity contribution in [2.75, 3.05) is 18.4 Å². The summed E-state index contributed by atoms with van der Waals surface area (Å²) >= 11 is 1.50. The summed E-state index contributed by atoms with van der Waals surface area (Å²) < 4.78 is 0. The van der Waals surface area contributed by atoms with E-state index in [1.54, 1.807) is 5.51 Å². The minimum atomic E-state index is 0.170. The number of hydrogen-bond acceptors (Lipinski definition) is 4. The molecule has 4 rings (SSSR count). The molecule has 1 atom stereocenters. The summed E-state index contributed by atoms with van der Waals surface area (Å²) in [6.45, 7) is 2.08. The quantitative estimate of drug-likeness (QED) is 0.915. The van der Waals surface area contributed by atoms with Gasteiger partial charge in [-0.1, -0.05) is 30.3 Å². The van der Waals surface area contributed by atoms with Gasteiger partial charge in [-0.05, 0) is 37.8 Å². The number of carbonyl (C=O) groups excluding carboxylic acids is 1. The van der Waals surface area contributed by atoms with Crippen LogP contribution in [0.4, 0.5) is 5.00 Å². The molecular formula is C17H19N3OS. The van der Waals surface area contributed by atoms with Gasteiger partial charge in [0.05, 0.1) is 5.51 Å². The van der Waals surface area contributed by atoms with Crippen LogP contribution < -0.4 is 10.6 Å². The number of amides is 1. The smallest absolute Gasteiger partial charge is 0.228 e. The molecule has 4 nitrogen and oxygen atoms in total. The van der Waals surface area contributed by atoms with Crippen molar-refractivity contribution in [3.05, 3.63) is 35.8 Å². The molecule has 1 aliphatic carbocycles. The highest BCUT2D eigenvalue weighted by Gasteiger charge is 2.57. The van der Waals surface area contributed by atoms with Crippen LogP contribution in [0.1, 0.15) is 19.3 Å². The van der Waals surface area contributed by atoms with Crippen molar-refractivity contribution in [1.29, 1.82) is 0 Å². The molecule has 1 amide bonds. The number of rotatable bonds is 3. The third-order valence-electron chi connectivity index (χ3n) is 4.96. The second-order valence-electron chi connectivity index (χ2n) is 6.25. The largest absolute Gasteiger partial charge is 0.317 e. The zero-order valence-electron chi connectivity index (χ0n) is 12.3. The molecular weight excluding hydrogens is 294 g/mol. The fraction of sp³-hybridized carbons (Fsp3) is 0.412. The number of aromatic nitrogens is 1. The molecule has 114 valence electrons. The van der Waals surface area contributed by atoms with Crippen LogP contribution in [0.25, 0.3) is 11.3 Å². The van der Waals surface area contributed by atoms with E-state index in [-0.39, 0.29) is 17.2 Å². The van der Waals surface area contributed by atoms with Crippen LogP contribution in [0.2, 0.25) is 0 Å². The van der Waals surface area contributed by atoms with Gasteiger partial charge in [0.25, 0.3) is 0 Å². The molecule has 2 aromatic rings. The van der Waals surface area contributed by atoms with E-state index in [4.69, 9.17) is 0 Å². The Morgan fingerprint density at radius 3 is 2.82 bits per heavy atom. The molecule has 2 N–H and O–H groups in total. The fourth-order valence-electron chi connectivity index (χ4n) is 3.53. The van der Waals surface area contributed by atoms with Crippen LogP contribution in [0.5, 0.6) is 0 Å². The van der Waals surface area contributed by atoms with Crippen LogP contribution >= 0.6 is 11.3 Å². The lowest BCUT2D eigenvalue weighted by atomic mass is 9.92. The van der Waals surface area contributed by atoms with Gasteiger partial charge in [0.2, 0.25) is 5.91 Å². The lowest BCUT2D eigenvalue weighted by Crippen LogP contribution is -2.31. The predicted octanol–water partition coefficient (Wildman–Crippen LogP) is 3.14. The molecule has 1 spiro atoms. The third kappa shape index (κ3) is 2.44. The van der Waals surface area contributed by atoms with Crippen molar-refractivity contribution in [3.63, 3.8) is 0 Å². The number of piperidine rings is 1. The topological polar surface area (TPSA) is 54.0 Å². The normalized spacial score (nSPS) is 22.5. The monoisotopic (exact) mass is 313 g/mol. The van der Waals surface area contributed by atoms with Crippen molar-refractivity contribution < 1.29 is 4.79 Å². The summed E-state index contributed by atoms with van der Waals surface area (Å²) in [5.41, 5.74) is 3.99. The van der Waals surface area contributed by atoms with Gasteiger partial charge in [-0.15, -0.1) is 11.3 Å². The number of hydrogen-bond donors (Lipinski definition) is 2. The second-order valence-corrected chi connectivity index (χ2v) is 7.11. The zero-order valence-corrected chi connectivity index (χ0v) is 13.2. The summed E-state index contributed by atoms with van der Waals surface area (Å²) in [5.74, 6) is 0.351. The second kappa shape index (κ2) is 5.48. The first-order chi connectivity index (χ1) is 10.8. The van der Waals surface area contributed by atoms with Gasteiger partial charge in [-0.3, -0.25) is 4.79 Å². The van der Waals surface area contributed by atoms with Crippen LogP contribution in [0.3, 0.4) is 0 Å². The molecule has 1 aromatic carbocycles. The maximum Gasteiger partial charge on any atom is 0.228 e. The van der Waals surface area contributed by atoms with E-state index >= 15 is 0 Å². The van der Waals surface area contributed by atoms with E-state index < -0.39 is 0 Å². The van der Waals surface area contributed by atoms with Crippen molar-refractivity contribution in [2.24, 2.45) is 11.3 Å². The number of carbonyl (C=O) groups is 1. The van der Waals surface area contributed by atoms with Gasteiger partial charge in [-0.2, -0.15) is 0 Å². The van der Waals surface area contributed by atoms with Gasteiger partial charge in [0.15, 0.2) is 0 Å².